The molecule has 43 heteroatoms. The average Bonchev–Trinajstić information content (AvgIpc) is 0.900. The molecule has 8 atom stereocenters. The average molecular weight is 1660 g/mol. The van der Waals surface area contributed by atoms with Gasteiger partial charge >= 0.3 is 108 Å². The van der Waals surface area contributed by atoms with Crippen molar-refractivity contribution in [2.45, 2.75) is 184 Å². The molecule has 0 radical (unpaired) electrons. The number of rotatable bonds is 45. The van der Waals surface area contributed by atoms with Crippen LogP contribution in [0.2, 0.25) is 0 Å². The van der Waals surface area contributed by atoms with Crippen molar-refractivity contribution in [1.82, 2.24) is 37.2 Å². The van der Waals surface area contributed by atoms with Crippen LogP contribution in [0.4, 0.5) is 14.4 Å². The minimum Gasteiger partial charge on any atom is -0.481 e. The van der Waals surface area contributed by atoms with Crippen molar-refractivity contribution >= 4 is 114 Å². The summed E-state index contributed by atoms with van der Waals surface area (Å²) in [6.07, 6.45) is 1.11. The van der Waals surface area contributed by atoms with Gasteiger partial charge in [0.1, 0.15) is 61.5 Å². The summed E-state index contributed by atoms with van der Waals surface area (Å²) in [6, 6.07) is 7.40. The fraction of sp³-hybridized carbons (Fsp3) is 0.575. The number of carbonyl (C=O) groups is 19. The van der Waals surface area contributed by atoms with Crippen molar-refractivity contribution in [2.75, 3.05) is 91.9 Å². The largest absolute Gasteiger partial charge is 0.481 e. The van der Waals surface area contributed by atoms with Gasteiger partial charge in [-0.1, -0.05) is 74.0 Å². The van der Waals surface area contributed by atoms with Crippen LogP contribution in [-0.2, 0) is 156 Å². The Kier molecular flexibility index (Phi) is 61.5. The molecule has 0 aliphatic carbocycles. The van der Waals surface area contributed by atoms with E-state index in [0.717, 1.165) is 66.6 Å². The number of benzene rings is 2. The third-order valence-electron chi connectivity index (χ3n) is 15.2. The lowest BCUT2D eigenvalue weighted by atomic mass is 10.1. The van der Waals surface area contributed by atoms with Gasteiger partial charge in [0.05, 0.1) is 85.3 Å². The van der Waals surface area contributed by atoms with Gasteiger partial charge in [-0.05, 0) is 68.9 Å². The highest BCUT2D eigenvalue weighted by Gasteiger charge is 2.31. The SMILES string of the molecule is CCCCNC(=O)CCC(NC(=O)NC(CCC(=O)OC)C(=O)OC)C(=O)OC.COC(=O)C(N)CCC(=O)OCc1ccccc1.COC(=O)CCC(N)C(=O)OC.COC(=O)CCC(NC(=O)NC(CCC(=O)O)C(=O)OC)C(=O)OC.COC(=O)CCC(NC(=O)NC(CCC(=O)OCc1ccccc1)C(=O)OC)C(=O)OC. The normalized spacial score (nSPS) is 12.0. The number of esters is 14. The summed E-state index contributed by atoms with van der Waals surface area (Å²) in [6.45, 7) is 2.84. The second-order valence-corrected chi connectivity index (χ2v) is 23.6. The second kappa shape index (κ2) is 66.2. The summed E-state index contributed by atoms with van der Waals surface area (Å²) in [5, 5.41) is 25.3. The highest BCUT2D eigenvalue weighted by atomic mass is 16.6. The van der Waals surface area contributed by atoms with Crippen molar-refractivity contribution in [2.24, 2.45) is 11.5 Å². The van der Waals surface area contributed by atoms with Gasteiger partial charge in [-0.15, -0.1) is 0 Å². The molecule has 7 amide bonds. The lowest BCUT2D eigenvalue weighted by Gasteiger charge is -2.20. The molecule has 2 aromatic carbocycles. The number of nitrogens with one attached hydrogen (secondary N) is 7. The first-order valence-corrected chi connectivity index (χ1v) is 35.6. The number of hydrogen-bond acceptors (Lipinski definition) is 35. The molecule has 0 saturated carbocycles. The van der Waals surface area contributed by atoms with Crippen LogP contribution in [0.25, 0.3) is 0 Å². The van der Waals surface area contributed by atoms with Crippen LogP contribution in [0.15, 0.2) is 60.7 Å². The van der Waals surface area contributed by atoms with Crippen LogP contribution in [0.1, 0.15) is 134 Å². The van der Waals surface area contributed by atoms with E-state index in [1.165, 1.54) is 42.7 Å². The van der Waals surface area contributed by atoms with Crippen LogP contribution < -0.4 is 48.7 Å². The van der Waals surface area contributed by atoms with E-state index in [0.29, 0.717) is 6.54 Å². The smallest absolute Gasteiger partial charge is 0.328 e. The molecular weight excluding hydrogens is 1550 g/mol. The minimum absolute atomic E-state index is 0.00648. The first-order chi connectivity index (χ1) is 55.1. The molecule has 652 valence electrons. The van der Waals surface area contributed by atoms with E-state index < -0.39 is 144 Å². The minimum atomic E-state index is -1.21. The van der Waals surface area contributed by atoms with Crippen molar-refractivity contribution in [3.8, 4) is 0 Å². The fourth-order valence-corrected chi connectivity index (χ4v) is 8.62. The highest BCUT2D eigenvalue weighted by Crippen LogP contribution is 2.11. The molecule has 2 rings (SSSR count). The Bertz CT molecular complexity index is 3390. The fourth-order valence-electron chi connectivity index (χ4n) is 8.62. The molecule has 0 bridgehead atoms. The number of carbonyl (C=O) groups excluding carboxylic acids is 18. The van der Waals surface area contributed by atoms with E-state index in [4.69, 9.17) is 26.0 Å². The molecule has 2 aromatic rings. The Balaban J connectivity index is -0.00000142. The van der Waals surface area contributed by atoms with E-state index in [1.54, 1.807) is 12.1 Å². The lowest BCUT2D eigenvalue weighted by Crippen LogP contribution is -2.51. The maximum absolute atomic E-state index is 12.3. The van der Waals surface area contributed by atoms with Gasteiger partial charge in [0.15, 0.2) is 0 Å². The maximum atomic E-state index is 12.3. The summed E-state index contributed by atoms with van der Waals surface area (Å²) in [5.74, 6) is -10.1. The molecule has 0 spiro atoms. The predicted molar refractivity (Wildman–Crippen MR) is 400 cm³/mol. The van der Waals surface area contributed by atoms with Gasteiger partial charge in [0.25, 0.3) is 0 Å². The summed E-state index contributed by atoms with van der Waals surface area (Å²) >= 11 is 0. The Labute approximate surface area is 670 Å². The Hall–Kier alpha value is -12.3. The number of aliphatic carboxylic acids is 1. The zero-order valence-corrected chi connectivity index (χ0v) is 67.3. The zero-order valence-electron chi connectivity index (χ0n) is 67.3. The molecule has 0 aliphatic rings. The highest BCUT2D eigenvalue weighted by molar-refractivity contribution is 5.90. The number of nitrogens with two attached hydrogens (primary N) is 2. The molecule has 0 aromatic heterocycles. The van der Waals surface area contributed by atoms with Crippen LogP contribution in [-0.4, -0.2) is 259 Å². The van der Waals surface area contributed by atoms with E-state index in [2.05, 4.69) is 94.1 Å². The molecule has 0 aliphatic heterocycles. The van der Waals surface area contributed by atoms with Gasteiger partial charge in [-0.2, -0.15) is 0 Å². The van der Waals surface area contributed by atoms with E-state index >= 15 is 0 Å². The van der Waals surface area contributed by atoms with Crippen molar-refractivity contribution in [3.63, 3.8) is 0 Å². The topological polar surface area (TPSA) is 610 Å². The summed E-state index contributed by atoms with van der Waals surface area (Å²) < 4.78 is 64.4. The van der Waals surface area contributed by atoms with Crippen LogP contribution >= 0.6 is 0 Å². The van der Waals surface area contributed by atoms with E-state index in [-0.39, 0.29) is 134 Å². The lowest BCUT2D eigenvalue weighted by molar-refractivity contribution is -0.148. The van der Waals surface area contributed by atoms with E-state index in [9.17, 15) is 91.1 Å². The molecule has 8 unspecified atom stereocenters. The molecular formula is C73H111N9O34. The molecule has 0 saturated heterocycles. The van der Waals surface area contributed by atoms with Gasteiger partial charge in [-0.25, -0.2) is 43.2 Å². The second-order valence-electron chi connectivity index (χ2n) is 23.6. The maximum Gasteiger partial charge on any atom is 0.328 e. The van der Waals surface area contributed by atoms with Crippen LogP contribution in [0.5, 0.6) is 0 Å². The number of hydrogen-bond donors (Lipinski definition) is 10. The van der Waals surface area contributed by atoms with Crippen LogP contribution in [0, 0.1) is 0 Å². The number of carboxylic acids is 1. The molecule has 43 nitrogen and oxygen atoms in total. The van der Waals surface area contributed by atoms with Gasteiger partial charge in [0.2, 0.25) is 5.91 Å². The number of amides is 7. The Morgan fingerprint density at radius 2 is 0.543 bits per heavy atom. The van der Waals surface area contributed by atoms with E-state index in [1.807, 2.05) is 55.5 Å². The Morgan fingerprint density at radius 3 is 0.784 bits per heavy atom. The predicted octanol–water partition coefficient (Wildman–Crippen LogP) is 0.501. The van der Waals surface area contributed by atoms with Crippen molar-refractivity contribution in [1.29, 1.82) is 0 Å². The standard InChI is InChI=1S/C21H28N2O9.C18H31N3O8.C14H22N2O9.C13H17NO4.C7H13NO4/c1-29-17(24)11-9-15(19(26)30-2)22-21(28)23-16(20(27)31-3)10-12-18(25)32-13-14-7-5-4-6-8-14;1-5-6-11-19-14(22)9-7-12(16(24)28-3)20-18(26)21-13(17(25)29-4)8-10-15(23)27-2;1-23-11(19)7-5-9(13(21)25-3)16-14(22)15-8(12(20)24-2)4-6-10(17)18;1-17-13(16)11(14)7-8-12(15)18-9-10-5-3-2-4-6-10;1-11-6(9)4-3-5(8)7(10)12-2/h4-8,15-16H,9-13H2,1-3H3,(H2,22,23,28);12-13H,5-11H2,1-4H3,(H,19,22)(H2,20,21,26);8-9H,4-7H2,1-3H3,(H,17,18)(H2,15,16,22);2-6,11H,7-9,14H2,1H3;5H,3-4,8H2,1-2H3. The third-order valence-corrected chi connectivity index (χ3v) is 15.2. The number of methoxy groups -OCH3 is 12. The first kappa shape index (κ1) is 108. The molecule has 12 N–H and O–H groups in total. The summed E-state index contributed by atoms with van der Waals surface area (Å²) in [4.78, 5) is 219. The van der Waals surface area contributed by atoms with Gasteiger partial charge in [-0.3, -0.25) is 47.9 Å². The quantitative estimate of drug-likeness (QED) is 0.0245. The summed E-state index contributed by atoms with van der Waals surface area (Å²) in [5.41, 5.74) is 12.6. The van der Waals surface area contributed by atoms with Crippen LogP contribution in [0.3, 0.4) is 0 Å². The number of urea groups is 3. The van der Waals surface area contributed by atoms with Gasteiger partial charge < -0.3 is 120 Å². The third kappa shape index (κ3) is 53.6. The molecule has 116 heavy (non-hydrogen) atoms. The number of ether oxygens (including phenoxy) is 14. The van der Waals surface area contributed by atoms with Crippen molar-refractivity contribution < 1.29 is 163 Å². The summed E-state index contributed by atoms with van der Waals surface area (Å²) in [7, 11) is 14.1. The number of carboxylic acid groups (broad SMARTS) is 1. The molecule has 0 fully saturated rings. The first-order valence-electron chi connectivity index (χ1n) is 35.6. The van der Waals surface area contributed by atoms with Gasteiger partial charge in [0, 0.05) is 57.9 Å². The zero-order chi connectivity index (χ0) is 88.5. The monoisotopic (exact) mass is 1660 g/mol. The number of unbranched alkanes of at least 4 members (excludes halogenated alkanes) is 1. The Morgan fingerprint density at radius 1 is 0.310 bits per heavy atom. The van der Waals surface area contributed by atoms with Crippen molar-refractivity contribution in [3.05, 3.63) is 71.8 Å². The molecule has 0 heterocycles.